The number of para-hydroxylation sites is 1. The summed E-state index contributed by atoms with van der Waals surface area (Å²) in [5, 5.41) is 3.20. The van der Waals surface area contributed by atoms with Crippen LogP contribution in [0.4, 0.5) is 0 Å². The minimum absolute atomic E-state index is 0.0657. The number of benzene rings is 2. The number of aromatic nitrogens is 2. The van der Waals surface area contributed by atoms with Crippen molar-refractivity contribution >= 4 is 33.5 Å². The van der Waals surface area contributed by atoms with Crippen LogP contribution in [0.2, 0.25) is 5.02 Å². The lowest BCUT2D eigenvalue weighted by Gasteiger charge is -2.34. The lowest BCUT2D eigenvalue weighted by molar-refractivity contribution is 0.630. The molecule has 2 nitrogen and oxygen atoms in total. The molecule has 112 valence electrons. The Morgan fingerprint density at radius 1 is 0.957 bits per heavy atom. The topological polar surface area (TPSA) is 17.8 Å². The van der Waals surface area contributed by atoms with E-state index in [9.17, 15) is 0 Å². The lowest BCUT2D eigenvalue weighted by Crippen LogP contribution is -2.26. The average Bonchev–Trinajstić information content (AvgIpc) is 2.88. The number of nitrogens with zero attached hydrogens (tertiary/aromatic N) is 2. The van der Waals surface area contributed by atoms with Crippen molar-refractivity contribution in [3.63, 3.8) is 0 Å². The molecule has 0 saturated carbocycles. The molecule has 2 aromatic heterocycles. The van der Waals surface area contributed by atoms with Crippen LogP contribution in [0.15, 0.2) is 54.7 Å². The molecule has 3 heterocycles. The predicted molar refractivity (Wildman–Crippen MR) is 95.7 cm³/mol. The van der Waals surface area contributed by atoms with Gasteiger partial charge in [-0.1, -0.05) is 49.7 Å². The summed E-state index contributed by atoms with van der Waals surface area (Å²) in [4.78, 5) is 4.66. The van der Waals surface area contributed by atoms with Crippen molar-refractivity contribution in [3.05, 3.63) is 70.9 Å². The van der Waals surface area contributed by atoms with Gasteiger partial charge in [0.05, 0.1) is 11.2 Å². The van der Waals surface area contributed by atoms with Gasteiger partial charge in [-0.2, -0.15) is 0 Å². The van der Waals surface area contributed by atoms with Crippen molar-refractivity contribution in [1.82, 2.24) is 9.55 Å². The Morgan fingerprint density at radius 3 is 2.65 bits per heavy atom. The van der Waals surface area contributed by atoms with Gasteiger partial charge in [0.15, 0.2) is 0 Å². The highest BCUT2D eigenvalue weighted by atomic mass is 35.5. The third-order valence-electron chi connectivity index (χ3n) is 5.10. The van der Waals surface area contributed by atoms with Gasteiger partial charge >= 0.3 is 0 Å². The van der Waals surface area contributed by atoms with Crippen molar-refractivity contribution in [2.75, 3.05) is 0 Å². The van der Waals surface area contributed by atoms with Crippen LogP contribution in [-0.2, 0) is 5.41 Å². The minimum Gasteiger partial charge on any atom is -0.293 e. The van der Waals surface area contributed by atoms with E-state index in [-0.39, 0.29) is 5.41 Å². The first-order chi connectivity index (χ1) is 11.1. The fourth-order valence-corrected chi connectivity index (χ4v) is 4.16. The smallest absolute Gasteiger partial charge is 0.145 e. The summed E-state index contributed by atoms with van der Waals surface area (Å²) in [6.07, 6.45) is 1.86. The predicted octanol–water partition coefficient (Wildman–Crippen LogP) is 5.47. The van der Waals surface area contributed by atoms with Crippen LogP contribution in [0, 0.1) is 0 Å². The van der Waals surface area contributed by atoms with Crippen molar-refractivity contribution < 1.29 is 0 Å². The van der Waals surface area contributed by atoms with E-state index in [0.717, 1.165) is 16.4 Å². The SMILES string of the molecule is CC1(C)c2ccc(Cl)cc2-n2c3ncccc3c3cccc1c32. The molecule has 0 N–H and O–H groups in total. The van der Waals surface area contributed by atoms with Crippen LogP contribution in [-0.4, -0.2) is 9.55 Å². The summed E-state index contributed by atoms with van der Waals surface area (Å²) in [5.74, 6) is 0. The largest absolute Gasteiger partial charge is 0.293 e. The Hall–Kier alpha value is -2.32. The van der Waals surface area contributed by atoms with E-state index in [0.29, 0.717) is 0 Å². The second-order valence-corrected chi connectivity index (χ2v) is 7.13. The molecular weight excluding hydrogens is 304 g/mol. The molecule has 0 aliphatic carbocycles. The van der Waals surface area contributed by atoms with Crippen LogP contribution in [0.1, 0.15) is 25.0 Å². The van der Waals surface area contributed by atoms with Crippen molar-refractivity contribution in [2.24, 2.45) is 0 Å². The maximum atomic E-state index is 6.32. The van der Waals surface area contributed by atoms with E-state index < -0.39 is 0 Å². The fourth-order valence-electron chi connectivity index (χ4n) is 4.00. The van der Waals surface area contributed by atoms with Crippen LogP contribution in [0.25, 0.3) is 27.6 Å². The third-order valence-corrected chi connectivity index (χ3v) is 5.33. The van der Waals surface area contributed by atoms with Gasteiger partial charge in [-0.05, 0) is 35.4 Å². The number of hydrogen-bond acceptors (Lipinski definition) is 1. The molecular formula is C20H15ClN2. The molecule has 2 aromatic carbocycles. The van der Waals surface area contributed by atoms with Crippen LogP contribution in [0.5, 0.6) is 0 Å². The summed E-state index contributed by atoms with van der Waals surface area (Å²) in [7, 11) is 0. The third kappa shape index (κ3) is 1.52. The van der Waals surface area contributed by atoms with Gasteiger partial charge in [0.2, 0.25) is 0 Å². The molecule has 0 spiro atoms. The molecule has 0 bridgehead atoms. The van der Waals surface area contributed by atoms with E-state index in [2.05, 4.69) is 59.8 Å². The normalized spacial score (nSPS) is 15.1. The summed E-state index contributed by atoms with van der Waals surface area (Å²) >= 11 is 6.32. The molecule has 0 amide bonds. The molecule has 3 heteroatoms. The maximum absolute atomic E-state index is 6.32. The fraction of sp³-hybridized carbons (Fsp3) is 0.150. The van der Waals surface area contributed by atoms with Gasteiger partial charge in [-0.25, -0.2) is 4.98 Å². The van der Waals surface area contributed by atoms with Crippen LogP contribution < -0.4 is 0 Å². The molecule has 23 heavy (non-hydrogen) atoms. The van der Waals surface area contributed by atoms with E-state index in [1.54, 1.807) is 0 Å². The summed E-state index contributed by atoms with van der Waals surface area (Å²) < 4.78 is 2.27. The average molecular weight is 319 g/mol. The molecule has 0 atom stereocenters. The van der Waals surface area contributed by atoms with Crippen molar-refractivity contribution in [1.29, 1.82) is 0 Å². The zero-order valence-corrected chi connectivity index (χ0v) is 13.7. The first-order valence-corrected chi connectivity index (χ1v) is 8.16. The van der Waals surface area contributed by atoms with E-state index in [4.69, 9.17) is 11.6 Å². The van der Waals surface area contributed by atoms with E-state index in [1.807, 2.05) is 18.3 Å². The Kier molecular flexibility index (Phi) is 2.37. The number of pyridine rings is 1. The van der Waals surface area contributed by atoms with E-state index >= 15 is 0 Å². The van der Waals surface area contributed by atoms with Gasteiger partial charge < -0.3 is 0 Å². The molecule has 0 saturated heterocycles. The molecule has 0 unspecified atom stereocenters. The molecule has 0 fully saturated rings. The number of hydrogen-bond donors (Lipinski definition) is 0. The van der Waals surface area contributed by atoms with Crippen LogP contribution in [0.3, 0.4) is 0 Å². The van der Waals surface area contributed by atoms with Gasteiger partial charge in [-0.3, -0.25) is 4.57 Å². The Morgan fingerprint density at radius 2 is 1.78 bits per heavy atom. The van der Waals surface area contributed by atoms with Gasteiger partial charge in [0.1, 0.15) is 5.65 Å². The highest BCUT2D eigenvalue weighted by Crippen LogP contribution is 2.47. The summed E-state index contributed by atoms with van der Waals surface area (Å²) in [6.45, 7) is 4.56. The monoisotopic (exact) mass is 318 g/mol. The number of halogens is 1. The van der Waals surface area contributed by atoms with Gasteiger partial charge in [0.25, 0.3) is 0 Å². The molecule has 1 aliphatic heterocycles. The standard InChI is InChI=1S/C20H15ClN2/c1-20(2)15-9-8-12(21)11-17(15)23-18-13(5-3-7-16(18)20)14-6-4-10-22-19(14)23/h3-11H,1-2H3. The maximum Gasteiger partial charge on any atom is 0.145 e. The molecule has 5 rings (SSSR count). The van der Waals surface area contributed by atoms with Crippen molar-refractivity contribution in [2.45, 2.75) is 19.3 Å². The highest BCUT2D eigenvalue weighted by molar-refractivity contribution is 6.30. The quantitative estimate of drug-likeness (QED) is 0.420. The second-order valence-electron chi connectivity index (χ2n) is 6.70. The molecule has 1 aliphatic rings. The number of fused-ring (bicyclic) bond motifs is 5. The number of rotatable bonds is 0. The first kappa shape index (κ1) is 13.1. The lowest BCUT2D eigenvalue weighted by atomic mass is 9.75. The highest BCUT2D eigenvalue weighted by Gasteiger charge is 2.35. The first-order valence-electron chi connectivity index (χ1n) is 7.78. The minimum atomic E-state index is -0.0657. The van der Waals surface area contributed by atoms with Gasteiger partial charge in [-0.15, -0.1) is 0 Å². The molecule has 4 aromatic rings. The Labute approximate surface area is 139 Å². The van der Waals surface area contributed by atoms with Crippen LogP contribution >= 0.6 is 11.6 Å². The zero-order chi connectivity index (χ0) is 15.8. The van der Waals surface area contributed by atoms with Crippen molar-refractivity contribution in [3.8, 4) is 5.69 Å². The Balaban J connectivity index is 2.13. The second kappa shape index (κ2) is 4.15. The van der Waals surface area contributed by atoms with E-state index in [1.165, 1.54) is 27.4 Å². The molecule has 0 radical (unpaired) electrons. The summed E-state index contributed by atoms with van der Waals surface area (Å²) in [5.41, 5.74) is 5.94. The summed E-state index contributed by atoms with van der Waals surface area (Å²) in [6, 6.07) is 16.9. The Bertz CT molecular complexity index is 1110. The zero-order valence-electron chi connectivity index (χ0n) is 13.0. The van der Waals surface area contributed by atoms with Gasteiger partial charge in [0, 0.05) is 27.4 Å².